The van der Waals surface area contributed by atoms with Crippen molar-refractivity contribution in [3.05, 3.63) is 38.3 Å². The third-order valence-electron chi connectivity index (χ3n) is 2.36. The molecule has 2 aromatic heterocycles. The van der Waals surface area contributed by atoms with Gasteiger partial charge in [-0.15, -0.1) is 11.3 Å². The van der Waals surface area contributed by atoms with E-state index in [0.29, 0.717) is 15.0 Å². The average Bonchev–Trinajstić information content (AvgIpc) is 2.85. The molecular formula is C11H9BrN2O3S. The number of rotatable bonds is 3. The second-order valence-electron chi connectivity index (χ2n) is 3.56. The van der Waals surface area contributed by atoms with Crippen LogP contribution in [0.15, 0.2) is 22.1 Å². The Morgan fingerprint density at radius 1 is 1.50 bits per heavy atom. The molecule has 7 heteroatoms. The Labute approximate surface area is 115 Å². The van der Waals surface area contributed by atoms with Gasteiger partial charge < -0.3 is 15.4 Å². The Hall–Kier alpha value is -1.60. The zero-order valence-corrected chi connectivity index (χ0v) is 11.7. The Bertz CT molecular complexity index is 618. The molecular weight excluding hydrogens is 320 g/mol. The van der Waals surface area contributed by atoms with Gasteiger partial charge in [-0.25, -0.2) is 4.79 Å². The lowest BCUT2D eigenvalue weighted by molar-refractivity contribution is 0.0697. The van der Waals surface area contributed by atoms with Crippen molar-refractivity contribution in [1.82, 2.24) is 4.98 Å². The highest BCUT2D eigenvalue weighted by molar-refractivity contribution is 9.10. The van der Waals surface area contributed by atoms with Crippen LogP contribution in [0.1, 0.15) is 25.7 Å². The third-order valence-corrected chi connectivity index (χ3v) is 4.20. The quantitative estimate of drug-likeness (QED) is 0.809. The van der Waals surface area contributed by atoms with Crippen molar-refractivity contribution >= 4 is 44.8 Å². The van der Waals surface area contributed by atoms with Crippen LogP contribution in [0, 0.1) is 6.92 Å². The van der Waals surface area contributed by atoms with Gasteiger partial charge in [-0.1, -0.05) is 0 Å². The summed E-state index contributed by atoms with van der Waals surface area (Å²) in [6.45, 7) is 1.64. The number of amides is 1. The van der Waals surface area contributed by atoms with E-state index in [-0.39, 0.29) is 17.2 Å². The number of hydrogen-bond donors (Lipinski definition) is 3. The highest BCUT2D eigenvalue weighted by atomic mass is 79.9. The molecule has 2 heterocycles. The van der Waals surface area contributed by atoms with Gasteiger partial charge in [0.1, 0.15) is 10.4 Å². The number of aromatic nitrogens is 1. The van der Waals surface area contributed by atoms with E-state index in [1.165, 1.54) is 17.5 Å². The summed E-state index contributed by atoms with van der Waals surface area (Å²) in [5, 5.41) is 13.4. The number of aromatic amines is 1. The maximum absolute atomic E-state index is 11.9. The van der Waals surface area contributed by atoms with Crippen LogP contribution < -0.4 is 5.32 Å². The number of aryl methyl sites for hydroxylation is 1. The lowest BCUT2D eigenvalue weighted by Gasteiger charge is -2.03. The van der Waals surface area contributed by atoms with E-state index >= 15 is 0 Å². The maximum atomic E-state index is 11.9. The van der Waals surface area contributed by atoms with Crippen LogP contribution in [-0.4, -0.2) is 22.0 Å². The lowest BCUT2D eigenvalue weighted by atomic mass is 10.2. The van der Waals surface area contributed by atoms with Gasteiger partial charge in [0.05, 0.1) is 5.69 Å². The van der Waals surface area contributed by atoms with E-state index in [0.717, 1.165) is 0 Å². The van der Waals surface area contributed by atoms with E-state index in [2.05, 4.69) is 26.2 Å². The molecule has 0 radical (unpaired) electrons. The number of carboxylic acids is 1. The van der Waals surface area contributed by atoms with Crippen LogP contribution in [0.3, 0.4) is 0 Å². The zero-order valence-electron chi connectivity index (χ0n) is 9.28. The van der Waals surface area contributed by atoms with Crippen LogP contribution in [0.4, 0.5) is 5.69 Å². The molecule has 0 spiro atoms. The van der Waals surface area contributed by atoms with Crippen molar-refractivity contribution < 1.29 is 14.7 Å². The van der Waals surface area contributed by atoms with Crippen molar-refractivity contribution in [3.63, 3.8) is 0 Å². The minimum absolute atomic E-state index is 0.0797. The van der Waals surface area contributed by atoms with E-state index in [4.69, 9.17) is 5.11 Å². The van der Waals surface area contributed by atoms with Crippen LogP contribution >= 0.6 is 27.3 Å². The first-order chi connectivity index (χ1) is 8.50. The molecule has 94 valence electrons. The molecule has 3 N–H and O–H groups in total. The van der Waals surface area contributed by atoms with E-state index in [9.17, 15) is 9.59 Å². The molecule has 0 saturated heterocycles. The summed E-state index contributed by atoms with van der Waals surface area (Å²) in [6, 6.07) is 1.76. The summed E-state index contributed by atoms with van der Waals surface area (Å²) >= 11 is 4.54. The summed E-state index contributed by atoms with van der Waals surface area (Å²) in [5.74, 6) is -1.41. The van der Waals surface area contributed by atoms with Crippen molar-refractivity contribution in [2.75, 3.05) is 5.32 Å². The molecule has 18 heavy (non-hydrogen) atoms. The number of thiophene rings is 1. The number of aromatic carboxylic acids is 1. The minimum Gasteiger partial charge on any atom is -0.478 e. The lowest BCUT2D eigenvalue weighted by Crippen LogP contribution is -2.13. The van der Waals surface area contributed by atoms with Crippen molar-refractivity contribution in [2.45, 2.75) is 6.92 Å². The number of nitrogens with one attached hydrogen (secondary N) is 2. The van der Waals surface area contributed by atoms with Crippen molar-refractivity contribution in [1.29, 1.82) is 0 Å². The molecule has 0 fully saturated rings. The Balaban J connectivity index is 2.28. The predicted octanol–water partition coefficient (Wildman–Crippen LogP) is 3.10. The summed E-state index contributed by atoms with van der Waals surface area (Å²) in [4.78, 5) is 26.3. The highest BCUT2D eigenvalue weighted by Gasteiger charge is 2.19. The van der Waals surface area contributed by atoms with E-state index in [1.54, 1.807) is 18.4 Å². The fraction of sp³-hybridized carbons (Fsp3) is 0.0909. The average molecular weight is 329 g/mol. The normalized spacial score (nSPS) is 10.3. The molecule has 0 aromatic carbocycles. The fourth-order valence-electron chi connectivity index (χ4n) is 1.54. The highest BCUT2D eigenvalue weighted by Crippen LogP contribution is 2.25. The summed E-state index contributed by atoms with van der Waals surface area (Å²) in [7, 11) is 0. The molecule has 0 saturated carbocycles. The first-order valence-corrected chi connectivity index (χ1v) is 6.63. The van der Waals surface area contributed by atoms with E-state index in [1.807, 2.05) is 0 Å². The van der Waals surface area contributed by atoms with Gasteiger partial charge in [-0.2, -0.15) is 0 Å². The number of carboxylic acid groups (broad SMARTS) is 1. The van der Waals surface area contributed by atoms with Gasteiger partial charge in [0.15, 0.2) is 0 Å². The Kier molecular flexibility index (Phi) is 3.53. The van der Waals surface area contributed by atoms with Gasteiger partial charge in [0.25, 0.3) is 5.91 Å². The molecule has 0 bridgehead atoms. The van der Waals surface area contributed by atoms with Gasteiger partial charge in [-0.05, 0) is 34.3 Å². The minimum atomic E-state index is -1.07. The molecule has 0 aliphatic carbocycles. The van der Waals surface area contributed by atoms with Crippen LogP contribution in [0.5, 0.6) is 0 Å². The van der Waals surface area contributed by atoms with Crippen LogP contribution in [0.25, 0.3) is 0 Å². The van der Waals surface area contributed by atoms with Crippen LogP contribution in [0.2, 0.25) is 0 Å². The molecule has 0 atom stereocenters. The smallest absolute Gasteiger partial charge is 0.339 e. The van der Waals surface area contributed by atoms with Gasteiger partial charge in [0, 0.05) is 16.4 Å². The molecule has 1 amide bonds. The fourth-order valence-corrected chi connectivity index (χ4v) is 2.98. The van der Waals surface area contributed by atoms with Crippen molar-refractivity contribution in [2.24, 2.45) is 0 Å². The standard InChI is InChI=1S/C11H9BrN2O3S/c1-5-8(11(16)17)7(4-13-5)14-10(15)9-6(12)2-3-18-9/h2-4,13H,1H3,(H,14,15)(H,16,17). The monoisotopic (exact) mass is 328 g/mol. The molecule has 5 nitrogen and oxygen atoms in total. The van der Waals surface area contributed by atoms with Crippen LogP contribution in [-0.2, 0) is 0 Å². The number of carbonyl (C=O) groups is 2. The molecule has 2 rings (SSSR count). The Morgan fingerprint density at radius 3 is 2.78 bits per heavy atom. The summed E-state index contributed by atoms with van der Waals surface area (Å²) in [6.07, 6.45) is 1.47. The number of hydrogen-bond acceptors (Lipinski definition) is 3. The van der Waals surface area contributed by atoms with E-state index < -0.39 is 5.97 Å². The number of carbonyl (C=O) groups excluding carboxylic acids is 1. The Morgan fingerprint density at radius 2 is 2.22 bits per heavy atom. The number of H-pyrrole nitrogens is 1. The second kappa shape index (κ2) is 4.95. The molecule has 0 aliphatic heterocycles. The topological polar surface area (TPSA) is 82.2 Å². The largest absolute Gasteiger partial charge is 0.478 e. The number of anilines is 1. The summed E-state index contributed by atoms with van der Waals surface area (Å²) in [5.41, 5.74) is 0.851. The SMILES string of the molecule is Cc1[nH]cc(NC(=O)c2sccc2Br)c1C(=O)O. The first-order valence-electron chi connectivity index (χ1n) is 4.96. The predicted molar refractivity (Wildman–Crippen MR) is 72.5 cm³/mol. The second-order valence-corrected chi connectivity index (χ2v) is 5.33. The summed E-state index contributed by atoms with van der Waals surface area (Å²) < 4.78 is 0.689. The molecule has 0 aliphatic rings. The maximum Gasteiger partial charge on any atom is 0.339 e. The van der Waals surface area contributed by atoms with Gasteiger partial charge in [0.2, 0.25) is 0 Å². The first kappa shape index (κ1) is 12.8. The van der Waals surface area contributed by atoms with Gasteiger partial charge >= 0.3 is 5.97 Å². The molecule has 0 unspecified atom stereocenters. The molecule has 2 aromatic rings. The van der Waals surface area contributed by atoms with Crippen molar-refractivity contribution in [3.8, 4) is 0 Å². The zero-order chi connectivity index (χ0) is 13.3. The number of halogens is 1. The third kappa shape index (κ3) is 2.32. The van der Waals surface area contributed by atoms with Gasteiger partial charge in [-0.3, -0.25) is 4.79 Å².